The van der Waals surface area contributed by atoms with E-state index >= 15 is 0 Å². The predicted molar refractivity (Wildman–Crippen MR) is 55.6 cm³/mol. The summed E-state index contributed by atoms with van der Waals surface area (Å²) in [5, 5.41) is 10.3. The second kappa shape index (κ2) is 3.67. The summed E-state index contributed by atoms with van der Waals surface area (Å²) in [6.45, 7) is 0. The molecular formula is C10H7NO2S. The second-order valence-corrected chi connectivity index (χ2v) is 3.63. The fourth-order valence-electron chi connectivity index (χ4n) is 1.09. The van der Waals surface area contributed by atoms with Gasteiger partial charge >= 0.3 is 5.97 Å². The largest absolute Gasteiger partial charge is 0.476 e. The lowest BCUT2D eigenvalue weighted by Gasteiger charge is -1.97. The lowest BCUT2D eigenvalue weighted by molar-refractivity contribution is -0.132. The van der Waals surface area contributed by atoms with Gasteiger partial charge in [-0.15, -0.1) is 0 Å². The molecule has 2 rings (SSSR count). The molecule has 3 nitrogen and oxygen atoms in total. The third kappa shape index (κ3) is 1.70. The second-order valence-electron chi connectivity index (χ2n) is 2.72. The molecular weight excluding hydrogens is 198 g/mol. The van der Waals surface area contributed by atoms with Crippen LogP contribution >= 0.6 is 11.8 Å². The number of nitrogens with zero attached hydrogens (tertiary/aromatic N) is 1. The first-order valence-corrected chi connectivity index (χ1v) is 4.88. The van der Waals surface area contributed by atoms with Gasteiger partial charge in [-0.25, -0.2) is 9.79 Å². The first-order chi connectivity index (χ1) is 6.77. The van der Waals surface area contributed by atoms with Gasteiger partial charge in [-0.05, 0) is 6.07 Å². The molecule has 4 heteroatoms. The highest BCUT2D eigenvalue weighted by Crippen LogP contribution is 2.26. The Morgan fingerprint density at radius 1 is 1.36 bits per heavy atom. The molecule has 0 fully saturated rings. The maximum atomic E-state index is 10.7. The van der Waals surface area contributed by atoms with Crippen LogP contribution in [-0.2, 0) is 4.79 Å². The molecule has 0 aliphatic carbocycles. The molecule has 70 valence electrons. The number of carbonyl (C=O) groups is 1. The molecule has 0 unspecified atom stereocenters. The molecule has 1 N–H and O–H groups in total. The average Bonchev–Trinajstić information content (AvgIpc) is 2.39. The van der Waals surface area contributed by atoms with Crippen molar-refractivity contribution < 1.29 is 9.90 Å². The van der Waals surface area contributed by atoms with Gasteiger partial charge in [0.15, 0.2) is 5.70 Å². The Kier molecular flexibility index (Phi) is 2.37. The number of carboxylic acids is 1. The van der Waals surface area contributed by atoms with E-state index in [1.165, 1.54) is 11.8 Å². The van der Waals surface area contributed by atoms with Crippen LogP contribution < -0.4 is 0 Å². The van der Waals surface area contributed by atoms with Crippen molar-refractivity contribution in [3.63, 3.8) is 0 Å². The van der Waals surface area contributed by atoms with Crippen molar-refractivity contribution in [1.29, 1.82) is 0 Å². The zero-order valence-corrected chi connectivity index (χ0v) is 7.99. The topological polar surface area (TPSA) is 49.7 Å². The SMILES string of the molecule is O=C(O)C1=CSc2ccccc2C=N1. The van der Waals surface area contributed by atoms with Crippen LogP contribution in [0.2, 0.25) is 0 Å². The number of hydrogen-bond donors (Lipinski definition) is 1. The molecule has 0 atom stereocenters. The minimum Gasteiger partial charge on any atom is -0.476 e. The number of hydrogen-bond acceptors (Lipinski definition) is 3. The van der Waals surface area contributed by atoms with Crippen LogP contribution in [-0.4, -0.2) is 17.3 Å². The van der Waals surface area contributed by atoms with E-state index in [2.05, 4.69) is 4.99 Å². The zero-order valence-electron chi connectivity index (χ0n) is 7.18. The first kappa shape index (κ1) is 9.02. The Bertz CT molecular complexity index is 438. The number of benzene rings is 1. The maximum absolute atomic E-state index is 10.7. The van der Waals surface area contributed by atoms with Gasteiger partial charge in [0.05, 0.1) is 0 Å². The predicted octanol–water partition coefficient (Wildman–Crippen LogP) is 2.14. The molecule has 1 aliphatic heterocycles. The van der Waals surface area contributed by atoms with Crippen LogP contribution in [0.3, 0.4) is 0 Å². The van der Waals surface area contributed by atoms with E-state index in [0.29, 0.717) is 0 Å². The molecule has 14 heavy (non-hydrogen) atoms. The van der Waals surface area contributed by atoms with Crippen LogP contribution in [0.25, 0.3) is 0 Å². The van der Waals surface area contributed by atoms with Crippen LogP contribution in [0, 0.1) is 0 Å². The van der Waals surface area contributed by atoms with E-state index in [9.17, 15) is 4.79 Å². The smallest absolute Gasteiger partial charge is 0.355 e. The Balaban J connectivity index is 2.41. The van der Waals surface area contributed by atoms with Crippen LogP contribution in [0.15, 0.2) is 45.3 Å². The summed E-state index contributed by atoms with van der Waals surface area (Å²) in [4.78, 5) is 15.6. The van der Waals surface area contributed by atoms with Crippen molar-refractivity contribution in [2.45, 2.75) is 4.90 Å². The molecule has 0 bridgehead atoms. The molecule has 0 aromatic heterocycles. The highest BCUT2D eigenvalue weighted by molar-refractivity contribution is 8.02. The summed E-state index contributed by atoms with van der Waals surface area (Å²) in [5.41, 5.74) is 1.02. The zero-order chi connectivity index (χ0) is 9.97. The van der Waals surface area contributed by atoms with Gasteiger partial charge in [0, 0.05) is 22.1 Å². The summed E-state index contributed by atoms with van der Waals surface area (Å²) in [6, 6.07) is 7.66. The van der Waals surface area contributed by atoms with Crippen molar-refractivity contribution in [3.05, 3.63) is 40.9 Å². The molecule has 1 aromatic rings. The van der Waals surface area contributed by atoms with E-state index < -0.39 is 5.97 Å². The van der Waals surface area contributed by atoms with Crippen LogP contribution in [0.4, 0.5) is 0 Å². The van der Waals surface area contributed by atoms with Gasteiger partial charge in [-0.3, -0.25) is 0 Å². The Morgan fingerprint density at radius 2 is 2.14 bits per heavy atom. The highest BCUT2D eigenvalue weighted by Gasteiger charge is 2.09. The minimum atomic E-state index is -0.999. The van der Waals surface area contributed by atoms with Crippen molar-refractivity contribution >= 4 is 23.9 Å². The van der Waals surface area contributed by atoms with E-state index in [1.54, 1.807) is 11.6 Å². The molecule has 0 saturated carbocycles. The first-order valence-electron chi connectivity index (χ1n) is 4.00. The van der Waals surface area contributed by atoms with Crippen LogP contribution in [0.1, 0.15) is 5.56 Å². The lowest BCUT2D eigenvalue weighted by Crippen LogP contribution is -1.96. The Labute approximate surface area is 85.2 Å². The highest BCUT2D eigenvalue weighted by atomic mass is 32.2. The maximum Gasteiger partial charge on any atom is 0.355 e. The third-order valence-electron chi connectivity index (χ3n) is 1.78. The summed E-state index contributed by atoms with van der Waals surface area (Å²) in [5.74, 6) is -0.999. The van der Waals surface area contributed by atoms with Crippen LogP contribution in [0.5, 0.6) is 0 Å². The summed E-state index contributed by atoms with van der Waals surface area (Å²) in [6.07, 6.45) is 1.58. The van der Waals surface area contributed by atoms with Crippen molar-refractivity contribution in [1.82, 2.24) is 0 Å². The number of aliphatic imine (C=N–C) groups is 1. The summed E-state index contributed by atoms with van der Waals surface area (Å²) < 4.78 is 0. The Hall–Kier alpha value is -1.55. The van der Waals surface area contributed by atoms with Crippen molar-refractivity contribution in [2.24, 2.45) is 4.99 Å². The molecule has 0 radical (unpaired) electrons. The van der Waals surface area contributed by atoms with Gasteiger partial charge in [0.2, 0.25) is 0 Å². The van der Waals surface area contributed by atoms with E-state index in [0.717, 1.165) is 10.5 Å². The molecule has 0 saturated heterocycles. The fraction of sp³-hybridized carbons (Fsp3) is 0. The number of carboxylic acid groups (broad SMARTS) is 1. The summed E-state index contributed by atoms with van der Waals surface area (Å²) >= 11 is 1.38. The van der Waals surface area contributed by atoms with Gasteiger partial charge in [0.1, 0.15) is 0 Å². The fourth-order valence-corrected chi connectivity index (χ4v) is 1.90. The number of rotatable bonds is 1. The number of thioether (sulfide) groups is 1. The molecule has 0 amide bonds. The third-order valence-corrected chi connectivity index (χ3v) is 2.75. The molecule has 1 aliphatic rings. The minimum absolute atomic E-state index is 0.0752. The standard InChI is InChI=1S/C10H7NO2S/c12-10(13)8-6-14-9-4-2-1-3-7(9)5-11-8/h1-6H,(H,12,13). The van der Waals surface area contributed by atoms with Gasteiger partial charge in [-0.2, -0.15) is 0 Å². The van der Waals surface area contributed by atoms with E-state index in [4.69, 9.17) is 5.11 Å². The van der Waals surface area contributed by atoms with Gasteiger partial charge < -0.3 is 5.11 Å². The van der Waals surface area contributed by atoms with E-state index in [-0.39, 0.29) is 5.70 Å². The number of aliphatic carboxylic acids is 1. The Morgan fingerprint density at radius 3 is 2.93 bits per heavy atom. The van der Waals surface area contributed by atoms with Crippen molar-refractivity contribution in [2.75, 3.05) is 0 Å². The van der Waals surface area contributed by atoms with Gasteiger partial charge in [0.25, 0.3) is 0 Å². The lowest BCUT2D eigenvalue weighted by atomic mass is 10.2. The molecule has 1 heterocycles. The molecule has 1 aromatic carbocycles. The number of fused-ring (bicyclic) bond motifs is 1. The van der Waals surface area contributed by atoms with Gasteiger partial charge in [-0.1, -0.05) is 30.0 Å². The molecule has 0 spiro atoms. The van der Waals surface area contributed by atoms with E-state index in [1.807, 2.05) is 24.3 Å². The average molecular weight is 205 g/mol. The normalized spacial score (nSPS) is 14.1. The van der Waals surface area contributed by atoms with Crippen molar-refractivity contribution in [3.8, 4) is 0 Å². The summed E-state index contributed by atoms with van der Waals surface area (Å²) in [7, 11) is 0. The quantitative estimate of drug-likeness (QED) is 0.764. The monoisotopic (exact) mass is 205 g/mol.